The Kier molecular flexibility index (Phi) is 5.30. The third kappa shape index (κ3) is 3.16. The van der Waals surface area contributed by atoms with Crippen LogP contribution in [0.1, 0.15) is 29.8 Å². The van der Waals surface area contributed by atoms with Crippen LogP contribution in [0.15, 0.2) is 47.8 Å². The van der Waals surface area contributed by atoms with Crippen LogP contribution in [0.3, 0.4) is 0 Å². The highest BCUT2D eigenvalue weighted by atomic mass is 35.5. The van der Waals surface area contributed by atoms with Crippen LogP contribution in [-0.4, -0.2) is 25.4 Å². The number of anilines is 1. The molecular formula is C23H20ClNO4S. The Bertz CT molecular complexity index is 1140. The summed E-state index contributed by atoms with van der Waals surface area (Å²) in [6.45, 7) is 4.10. The number of ether oxygens (including phenoxy) is 2. The van der Waals surface area contributed by atoms with E-state index in [0.29, 0.717) is 44.8 Å². The van der Waals surface area contributed by atoms with Crippen molar-refractivity contribution in [2.75, 3.05) is 19.0 Å². The number of carbonyl (C=O) groups is 2. The minimum absolute atomic E-state index is 0.251. The van der Waals surface area contributed by atoms with Crippen molar-refractivity contribution in [3.63, 3.8) is 0 Å². The first-order valence-electron chi connectivity index (χ1n) is 9.45. The summed E-state index contributed by atoms with van der Waals surface area (Å²) in [5.74, 6) is 0.659. The number of methoxy groups -OCH3 is 1. The third-order valence-corrected chi connectivity index (χ3v) is 6.48. The van der Waals surface area contributed by atoms with E-state index in [4.69, 9.17) is 21.1 Å². The predicted octanol–water partition coefficient (Wildman–Crippen LogP) is 5.57. The van der Waals surface area contributed by atoms with Gasteiger partial charge >= 0.3 is 0 Å². The maximum atomic E-state index is 13.7. The maximum absolute atomic E-state index is 13.7. The van der Waals surface area contributed by atoms with Crippen molar-refractivity contribution in [2.24, 2.45) is 0 Å². The number of ketones is 1. The smallest absolute Gasteiger partial charge is 0.243 e. The van der Waals surface area contributed by atoms with Crippen LogP contribution in [0.4, 0.5) is 5.00 Å². The summed E-state index contributed by atoms with van der Waals surface area (Å²) in [7, 11) is 1.56. The van der Waals surface area contributed by atoms with Crippen molar-refractivity contribution < 1.29 is 19.1 Å². The number of carbonyl (C=O) groups excluding carboxylic acids is 2. The van der Waals surface area contributed by atoms with E-state index in [-0.39, 0.29) is 11.7 Å². The molecule has 2 aromatic carbocycles. The van der Waals surface area contributed by atoms with E-state index < -0.39 is 5.41 Å². The number of hydrogen-bond acceptors (Lipinski definition) is 5. The Hall–Kier alpha value is -2.83. The molecule has 0 saturated heterocycles. The highest BCUT2D eigenvalue weighted by Crippen LogP contribution is 2.46. The highest BCUT2D eigenvalue weighted by Gasteiger charge is 2.49. The van der Waals surface area contributed by atoms with E-state index in [1.165, 1.54) is 11.3 Å². The molecule has 5 nitrogen and oxygen atoms in total. The average Bonchev–Trinajstić information content (AvgIpc) is 3.16. The maximum Gasteiger partial charge on any atom is 0.243 e. The molecule has 0 aliphatic carbocycles. The van der Waals surface area contributed by atoms with E-state index in [0.717, 1.165) is 5.56 Å². The molecule has 1 N–H and O–H groups in total. The number of halogens is 1. The minimum Gasteiger partial charge on any atom is -0.496 e. The van der Waals surface area contributed by atoms with Gasteiger partial charge in [0.05, 0.1) is 19.3 Å². The number of fused-ring (bicyclic) bond motifs is 1. The topological polar surface area (TPSA) is 64.6 Å². The highest BCUT2D eigenvalue weighted by molar-refractivity contribution is 7.15. The second-order valence-corrected chi connectivity index (χ2v) is 8.38. The zero-order valence-electron chi connectivity index (χ0n) is 16.7. The van der Waals surface area contributed by atoms with E-state index in [1.807, 2.05) is 18.4 Å². The lowest BCUT2D eigenvalue weighted by Gasteiger charge is -2.32. The number of Topliss-reactive ketones (excluding diaryl/α,β-unsaturated/α-hetero) is 1. The molecule has 7 heteroatoms. The zero-order valence-corrected chi connectivity index (χ0v) is 18.3. The van der Waals surface area contributed by atoms with Gasteiger partial charge in [0, 0.05) is 21.5 Å². The van der Waals surface area contributed by atoms with Gasteiger partial charge in [0.25, 0.3) is 0 Å². The third-order valence-electron chi connectivity index (χ3n) is 5.35. The van der Waals surface area contributed by atoms with Crippen LogP contribution in [0.2, 0.25) is 5.02 Å². The summed E-state index contributed by atoms with van der Waals surface area (Å²) in [4.78, 5) is 26.7. The van der Waals surface area contributed by atoms with Crippen molar-refractivity contribution >= 4 is 39.6 Å². The summed E-state index contributed by atoms with van der Waals surface area (Å²) >= 11 is 7.42. The second-order valence-electron chi connectivity index (χ2n) is 7.06. The number of amides is 1. The van der Waals surface area contributed by atoms with Gasteiger partial charge in [-0.1, -0.05) is 23.7 Å². The molecule has 0 fully saturated rings. The zero-order chi connectivity index (χ0) is 21.5. The molecule has 2 heterocycles. The average molecular weight is 442 g/mol. The lowest BCUT2D eigenvalue weighted by atomic mass is 9.73. The van der Waals surface area contributed by atoms with Crippen LogP contribution >= 0.6 is 22.9 Å². The van der Waals surface area contributed by atoms with Crippen LogP contribution in [0.25, 0.3) is 11.1 Å². The first kappa shape index (κ1) is 20.4. The Morgan fingerprint density at radius 3 is 2.50 bits per heavy atom. The molecule has 1 amide bonds. The number of benzene rings is 2. The number of rotatable bonds is 5. The van der Waals surface area contributed by atoms with Crippen molar-refractivity contribution in [1.29, 1.82) is 0 Å². The Morgan fingerprint density at radius 2 is 1.83 bits per heavy atom. The lowest BCUT2D eigenvalue weighted by molar-refractivity contribution is -0.119. The predicted molar refractivity (Wildman–Crippen MR) is 119 cm³/mol. The fourth-order valence-corrected chi connectivity index (χ4v) is 4.77. The molecule has 1 aliphatic heterocycles. The molecule has 4 rings (SSSR count). The number of nitrogens with one attached hydrogen (secondary N) is 1. The number of thiophene rings is 1. The van der Waals surface area contributed by atoms with Gasteiger partial charge < -0.3 is 14.8 Å². The summed E-state index contributed by atoms with van der Waals surface area (Å²) < 4.78 is 11.0. The number of hydrogen-bond donors (Lipinski definition) is 1. The van der Waals surface area contributed by atoms with Gasteiger partial charge in [0.1, 0.15) is 21.9 Å². The van der Waals surface area contributed by atoms with E-state index in [9.17, 15) is 9.59 Å². The molecule has 1 unspecified atom stereocenters. The molecule has 0 spiro atoms. The molecule has 1 atom stereocenters. The van der Waals surface area contributed by atoms with E-state index in [2.05, 4.69) is 5.32 Å². The van der Waals surface area contributed by atoms with Crippen molar-refractivity contribution in [3.8, 4) is 22.6 Å². The molecule has 3 aromatic rings. The summed E-state index contributed by atoms with van der Waals surface area (Å²) in [6.07, 6.45) is 0. The molecule has 1 aromatic heterocycles. The first-order chi connectivity index (χ1) is 14.4. The van der Waals surface area contributed by atoms with Crippen molar-refractivity contribution in [3.05, 3.63) is 64.0 Å². The SMILES string of the molecule is CCOc1ccc(C2(C)C(=O)Nc3scc(-c4ccc(Cl)cc4OC)c3C2=O)cc1. The molecule has 0 saturated carbocycles. The van der Waals surface area contributed by atoms with Crippen LogP contribution < -0.4 is 14.8 Å². The fraction of sp³-hybridized carbons (Fsp3) is 0.217. The normalized spacial score (nSPS) is 18.0. The standard InChI is InChI=1S/C23H20ClNO4S/c1-4-29-15-8-5-13(6-9-15)23(2)20(26)19-17(12-30-21(19)25-22(23)27)16-10-7-14(24)11-18(16)28-3/h5-12H,4H2,1-3H3,(H,25,27). The Morgan fingerprint density at radius 1 is 1.10 bits per heavy atom. The molecule has 0 bridgehead atoms. The van der Waals surface area contributed by atoms with Crippen LogP contribution in [-0.2, 0) is 10.2 Å². The molecular weight excluding hydrogens is 422 g/mol. The van der Waals surface area contributed by atoms with E-state index in [1.54, 1.807) is 50.4 Å². The fourth-order valence-electron chi connectivity index (χ4n) is 3.66. The van der Waals surface area contributed by atoms with Crippen molar-refractivity contribution in [1.82, 2.24) is 0 Å². The molecule has 0 radical (unpaired) electrons. The van der Waals surface area contributed by atoms with Gasteiger partial charge in [-0.05, 0) is 49.7 Å². The second kappa shape index (κ2) is 7.78. The Balaban J connectivity index is 1.83. The van der Waals surface area contributed by atoms with Gasteiger partial charge in [-0.3, -0.25) is 9.59 Å². The lowest BCUT2D eigenvalue weighted by Crippen LogP contribution is -2.48. The summed E-state index contributed by atoms with van der Waals surface area (Å²) in [5.41, 5.74) is 1.20. The van der Waals surface area contributed by atoms with Gasteiger partial charge in [-0.15, -0.1) is 11.3 Å². The van der Waals surface area contributed by atoms with Gasteiger partial charge in [0.15, 0.2) is 5.78 Å². The van der Waals surface area contributed by atoms with Crippen molar-refractivity contribution in [2.45, 2.75) is 19.3 Å². The van der Waals surface area contributed by atoms with Crippen LogP contribution in [0, 0.1) is 0 Å². The largest absolute Gasteiger partial charge is 0.496 e. The van der Waals surface area contributed by atoms with E-state index >= 15 is 0 Å². The van der Waals surface area contributed by atoms with Gasteiger partial charge in [-0.2, -0.15) is 0 Å². The van der Waals surface area contributed by atoms with Gasteiger partial charge in [-0.25, -0.2) is 0 Å². The summed E-state index contributed by atoms with van der Waals surface area (Å²) in [6, 6.07) is 12.4. The quantitative estimate of drug-likeness (QED) is 0.526. The molecule has 30 heavy (non-hydrogen) atoms. The monoisotopic (exact) mass is 441 g/mol. The molecule has 1 aliphatic rings. The van der Waals surface area contributed by atoms with Gasteiger partial charge in [0.2, 0.25) is 5.91 Å². The summed E-state index contributed by atoms with van der Waals surface area (Å²) in [5, 5.41) is 5.86. The minimum atomic E-state index is -1.35. The van der Waals surface area contributed by atoms with Crippen LogP contribution in [0.5, 0.6) is 11.5 Å². The Labute approximate surface area is 183 Å². The molecule has 154 valence electrons. The first-order valence-corrected chi connectivity index (χ1v) is 10.7.